The molecule has 1 heteroatoms. The van der Waals surface area contributed by atoms with Gasteiger partial charge in [0, 0.05) is 5.88 Å². The molecule has 1 aromatic carbocycles. The molecule has 1 aliphatic rings. The quantitative estimate of drug-likeness (QED) is 0.530. The van der Waals surface area contributed by atoms with Gasteiger partial charge in [-0.25, -0.2) is 0 Å². The first-order valence-electron chi connectivity index (χ1n) is 8.70. The van der Waals surface area contributed by atoms with Crippen molar-refractivity contribution in [3.8, 4) is 0 Å². The summed E-state index contributed by atoms with van der Waals surface area (Å²) in [4.78, 5) is 0. The molecule has 0 amide bonds. The summed E-state index contributed by atoms with van der Waals surface area (Å²) in [7, 11) is 0. The zero-order valence-electron chi connectivity index (χ0n) is 14.1. The predicted molar refractivity (Wildman–Crippen MR) is 94.3 cm³/mol. The fraction of sp³-hybridized carbons (Fsp3) is 0.700. The highest BCUT2D eigenvalue weighted by Crippen LogP contribution is 2.43. The summed E-state index contributed by atoms with van der Waals surface area (Å²) in [6.07, 6.45) is 10.7. The number of hydrogen-bond donors (Lipinski definition) is 0. The first kappa shape index (κ1) is 16.9. The molecular formula is C20H31Cl. The molecule has 0 saturated heterocycles. The minimum absolute atomic E-state index is 0.352. The van der Waals surface area contributed by atoms with Crippen molar-refractivity contribution in [2.24, 2.45) is 11.3 Å². The number of alkyl halides is 1. The molecule has 0 spiro atoms. The van der Waals surface area contributed by atoms with Gasteiger partial charge in [-0.2, -0.15) is 0 Å². The van der Waals surface area contributed by atoms with Crippen LogP contribution in [0.15, 0.2) is 18.2 Å². The minimum atomic E-state index is 0.352. The Balaban J connectivity index is 1.99. The maximum absolute atomic E-state index is 6.42. The molecule has 0 unspecified atom stereocenters. The van der Waals surface area contributed by atoms with Crippen molar-refractivity contribution in [2.75, 3.05) is 5.88 Å². The van der Waals surface area contributed by atoms with Crippen LogP contribution in [-0.2, 0) is 6.42 Å². The lowest BCUT2D eigenvalue weighted by Crippen LogP contribution is -2.31. The monoisotopic (exact) mass is 306 g/mol. The number of halogens is 1. The Morgan fingerprint density at radius 2 is 1.71 bits per heavy atom. The van der Waals surface area contributed by atoms with Gasteiger partial charge < -0.3 is 0 Å². The van der Waals surface area contributed by atoms with Crippen molar-refractivity contribution in [3.63, 3.8) is 0 Å². The second-order valence-corrected chi connectivity index (χ2v) is 7.66. The Kier molecular flexibility index (Phi) is 6.17. The molecule has 0 heterocycles. The molecule has 0 N–H and O–H groups in total. The van der Waals surface area contributed by atoms with Gasteiger partial charge in [-0.1, -0.05) is 55.5 Å². The topological polar surface area (TPSA) is 0 Å². The molecule has 2 rings (SSSR count). The number of benzene rings is 1. The number of unbranched alkanes of at least 4 members (excludes halogenated alkanes) is 1. The van der Waals surface area contributed by atoms with Crippen LogP contribution in [0.1, 0.15) is 68.6 Å². The largest absolute Gasteiger partial charge is 0.126 e. The van der Waals surface area contributed by atoms with E-state index >= 15 is 0 Å². The van der Waals surface area contributed by atoms with Crippen LogP contribution in [0, 0.1) is 25.2 Å². The molecule has 1 aromatic rings. The molecular weight excluding hydrogens is 276 g/mol. The van der Waals surface area contributed by atoms with E-state index in [-0.39, 0.29) is 0 Å². The van der Waals surface area contributed by atoms with E-state index in [0.29, 0.717) is 5.41 Å². The fourth-order valence-corrected chi connectivity index (χ4v) is 4.39. The van der Waals surface area contributed by atoms with Gasteiger partial charge >= 0.3 is 0 Å². The van der Waals surface area contributed by atoms with Gasteiger partial charge in [0.05, 0.1) is 0 Å². The number of aryl methyl sites for hydroxylation is 2. The fourth-order valence-electron chi connectivity index (χ4n) is 4.03. The lowest BCUT2D eigenvalue weighted by atomic mass is 9.67. The first-order valence-corrected chi connectivity index (χ1v) is 9.23. The van der Waals surface area contributed by atoms with Crippen molar-refractivity contribution in [1.82, 2.24) is 0 Å². The molecule has 1 fully saturated rings. The zero-order valence-corrected chi connectivity index (χ0v) is 14.8. The van der Waals surface area contributed by atoms with Crippen LogP contribution in [-0.4, -0.2) is 5.88 Å². The highest BCUT2D eigenvalue weighted by Gasteiger charge is 2.34. The summed E-state index contributed by atoms with van der Waals surface area (Å²) in [5, 5.41) is 0. The van der Waals surface area contributed by atoms with Crippen LogP contribution < -0.4 is 0 Å². The second kappa shape index (κ2) is 7.68. The standard InChI is InChI=1S/C20H31Cl/c1-4-5-6-18-7-9-20(15-21,10-8-18)14-19-12-16(2)11-17(3)13-19/h11-13,18H,4-10,14-15H2,1-3H3. The number of rotatable bonds is 6. The Bertz CT molecular complexity index is 421. The van der Waals surface area contributed by atoms with E-state index in [4.69, 9.17) is 11.6 Å². The van der Waals surface area contributed by atoms with E-state index in [1.807, 2.05) is 0 Å². The van der Waals surface area contributed by atoms with E-state index in [1.54, 1.807) is 0 Å². The molecule has 1 saturated carbocycles. The Labute approximate surface area is 136 Å². The van der Waals surface area contributed by atoms with Gasteiger partial charge in [-0.15, -0.1) is 11.6 Å². The summed E-state index contributed by atoms with van der Waals surface area (Å²) < 4.78 is 0. The van der Waals surface area contributed by atoms with Gasteiger partial charge in [0.1, 0.15) is 0 Å². The van der Waals surface area contributed by atoms with E-state index in [2.05, 4.69) is 39.0 Å². The highest BCUT2D eigenvalue weighted by atomic mass is 35.5. The Hall–Kier alpha value is -0.490. The smallest absolute Gasteiger partial charge is 0.0283 e. The number of hydrogen-bond acceptors (Lipinski definition) is 0. The van der Waals surface area contributed by atoms with Gasteiger partial charge in [0.25, 0.3) is 0 Å². The molecule has 0 aliphatic heterocycles. The molecule has 1 aliphatic carbocycles. The van der Waals surface area contributed by atoms with Crippen LogP contribution in [0.2, 0.25) is 0 Å². The lowest BCUT2D eigenvalue weighted by Gasteiger charge is -2.39. The summed E-state index contributed by atoms with van der Waals surface area (Å²) in [5.74, 6) is 1.78. The lowest BCUT2D eigenvalue weighted by molar-refractivity contribution is 0.166. The summed E-state index contributed by atoms with van der Waals surface area (Å²) in [5.41, 5.74) is 4.60. The van der Waals surface area contributed by atoms with Crippen LogP contribution in [0.25, 0.3) is 0 Å². The van der Waals surface area contributed by atoms with Crippen molar-refractivity contribution in [1.29, 1.82) is 0 Å². The third-order valence-corrected chi connectivity index (χ3v) is 5.84. The molecule has 118 valence electrons. The summed E-state index contributed by atoms with van der Waals surface area (Å²) in [6.45, 7) is 6.70. The molecule has 0 aromatic heterocycles. The van der Waals surface area contributed by atoms with Crippen LogP contribution in [0.5, 0.6) is 0 Å². The van der Waals surface area contributed by atoms with Crippen molar-refractivity contribution < 1.29 is 0 Å². The van der Waals surface area contributed by atoms with Crippen molar-refractivity contribution in [2.45, 2.75) is 72.1 Å². The van der Waals surface area contributed by atoms with E-state index in [0.717, 1.165) is 11.8 Å². The highest BCUT2D eigenvalue weighted by molar-refractivity contribution is 6.18. The van der Waals surface area contributed by atoms with Gasteiger partial charge in [0.15, 0.2) is 0 Å². The minimum Gasteiger partial charge on any atom is -0.126 e. The maximum Gasteiger partial charge on any atom is 0.0283 e. The molecule has 0 bridgehead atoms. The third kappa shape index (κ3) is 4.74. The molecule has 21 heavy (non-hydrogen) atoms. The predicted octanol–water partition coefficient (Wildman–Crippen LogP) is 6.45. The third-order valence-electron chi connectivity index (χ3n) is 5.28. The zero-order chi connectivity index (χ0) is 15.3. The van der Waals surface area contributed by atoms with Crippen LogP contribution in [0.3, 0.4) is 0 Å². The average molecular weight is 307 g/mol. The van der Waals surface area contributed by atoms with E-state index in [9.17, 15) is 0 Å². The maximum atomic E-state index is 6.42. The van der Waals surface area contributed by atoms with Gasteiger partial charge in [0.2, 0.25) is 0 Å². The van der Waals surface area contributed by atoms with Crippen LogP contribution >= 0.6 is 11.6 Å². The SMILES string of the molecule is CCCCC1CCC(CCl)(Cc2cc(C)cc(C)c2)CC1. The van der Waals surface area contributed by atoms with E-state index < -0.39 is 0 Å². The summed E-state index contributed by atoms with van der Waals surface area (Å²) in [6, 6.07) is 6.97. The van der Waals surface area contributed by atoms with E-state index in [1.165, 1.54) is 68.1 Å². The molecule has 0 radical (unpaired) electrons. The normalized spacial score (nSPS) is 26.0. The molecule has 0 nitrogen and oxygen atoms in total. The van der Waals surface area contributed by atoms with Crippen molar-refractivity contribution in [3.05, 3.63) is 34.9 Å². The Morgan fingerprint density at radius 1 is 1.10 bits per heavy atom. The van der Waals surface area contributed by atoms with Crippen molar-refractivity contribution >= 4 is 11.6 Å². The first-order chi connectivity index (χ1) is 10.1. The average Bonchev–Trinajstić information content (AvgIpc) is 2.45. The second-order valence-electron chi connectivity index (χ2n) is 7.39. The molecule has 0 atom stereocenters. The van der Waals surface area contributed by atoms with Crippen LogP contribution in [0.4, 0.5) is 0 Å². The summed E-state index contributed by atoms with van der Waals surface area (Å²) >= 11 is 6.42. The van der Waals surface area contributed by atoms with Gasteiger partial charge in [-0.05, 0) is 62.8 Å². The van der Waals surface area contributed by atoms with Gasteiger partial charge in [-0.3, -0.25) is 0 Å². The Morgan fingerprint density at radius 3 is 2.24 bits per heavy atom.